The molecule has 3 heterocycles. The van der Waals surface area contributed by atoms with Gasteiger partial charge in [-0.25, -0.2) is 9.97 Å². The molecular formula is C31H25ClN6O3. The molecule has 6 aromatic rings. The Morgan fingerprint density at radius 3 is 2.46 bits per heavy atom. The summed E-state index contributed by atoms with van der Waals surface area (Å²) in [7, 11) is 1.61. The molecule has 0 aliphatic carbocycles. The first-order valence-corrected chi connectivity index (χ1v) is 13.3. The monoisotopic (exact) mass is 564 g/mol. The fraction of sp³-hybridized carbons (Fsp3) is 0.0968. The number of benzene rings is 3. The second-order valence-corrected chi connectivity index (χ2v) is 9.79. The van der Waals surface area contributed by atoms with Gasteiger partial charge in [-0.05, 0) is 49.4 Å². The number of aromatic amines is 1. The Hall–Kier alpha value is -5.15. The fourth-order valence-electron chi connectivity index (χ4n) is 4.97. The van der Waals surface area contributed by atoms with Gasteiger partial charge in [-0.3, -0.25) is 14.2 Å². The summed E-state index contributed by atoms with van der Waals surface area (Å²) in [6, 6.07) is 23.2. The molecule has 1 atom stereocenters. The van der Waals surface area contributed by atoms with E-state index in [1.165, 1.54) is 18.6 Å². The minimum absolute atomic E-state index is 0.228. The Balaban J connectivity index is 1.54. The van der Waals surface area contributed by atoms with Crippen LogP contribution in [0.2, 0.25) is 5.02 Å². The van der Waals surface area contributed by atoms with Crippen LogP contribution < -0.4 is 26.4 Å². The lowest BCUT2D eigenvalue weighted by molar-refractivity contribution is 0.415. The highest BCUT2D eigenvalue weighted by molar-refractivity contribution is 6.36. The molecule has 0 saturated heterocycles. The van der Waals surface area contributed by atoms with E-state index in [2.05, 4.69) is 25.6 Å². The maximum Gasteiger partial charge on any atom is 0.265 e. The summed E-state index contributed by atoms with van der Waals surface area (Å²) in [6.07, 6.45) is 2.91. The number of ether oxygens (including phenoxy) is 1. The molecule has 3 aromatic carbocycles. The topological polar surface area (TPSA) is 114 Å². The average molecular weight is 565 g/mol. The fourth-order valence-corrected chi connectivity index (χ4v) is 5.37. The molecule has 6 rings (SSSR count). The van der Waals surface area contributed by atoms with Crippen LogP contribution in [0.4, 0.5) is 17.2 Å². The number of hydrogen-bond donors (Lipinski definition) is 3. The second-order valence-electron chi connectivity index (χ2n) is 9.41. The van der Waals surface area contributed by atoms with Crippen molar-refractivity contribution in [2.75, 3.05) is 17.7 Å². The summed E-state index contributed by atoms with van der Waals surface area (Å²) >= 11 is 7.15. The van der Waals surface area contributed by atoms with E-state index in [1.807, 2.05) is 79.7 Å². The largest absolute Gasteiger partial charge is 0.497 e. The maximum absolute atomic E-state index is 14.4. The summed E-state index contributed by atoms with van der Waals surface area (Å²) < 4.78 is 6.87. The van der Waals surface area contributed by atoms with Crippen LogP contribution in [0.15, 0.2) is 101 Å². The van der Waals surface area contributed by atoms with Gasteiger partial charge in [-0.15, -0.1) is 0 Å². The first kappa shape index (κ1) is 26.1. The van der Waals surface area contributed by atoms with Crippen molar-refractivity contribution in [2.24, 2.45) is 0 Å². The Labute approximate surface area is 239 Å². The van der Waals surface area contributed by atoms with Crippen LogP contribution in [0.5, 0.6) is 5.75 Å². The van der Waals surface area contributed by atoms with Crippen molar-refractivity contribution in [3.63, 3.8) is 0 Å². The third-order valence-corrected chi connectivity index (χ3v) is 7.28. The molecule has 9 nitrogen and oxygen atoms in total. The van der Waals surface area contributed by atoms with Crippen LogP contribution in [-0.2, 0) is 0 Å². The molecule has 0 unspecified atom stereocenters. The van der Waals surface area contributed by atoms with E-state index in [-0.39, 0.29) is 11.0 Å². The average Bonchev–Trinajstić information content (AvgIpc) is 2.99. The summed E-state index contributed by atoms with van der Waals surface area (Å²) in [5, 5.41) is 8.42. The minimum atomic E-state index is -0.532. The van der Waals surface area contributed by atoms with Crippen LogP contribution in [0, 0.1) is 0 Å². The number of nitrogens with one attached hydrogen (secondary N) is 3. The number of methoxy groups -OCH3 is 1. The number of para-hydroxylation sites is 1. The molecular weight excluding hydrogens is 540 g/mol. The van der Waals surface area contributed by atoms with Gasteiger partial charge >= 0.3 is 0 Å². The van der Waals surface area contributed by atoms with E-state index in [0.29, 0.717) is 49.7 Å². The van der Waals surface area contributed by atoms with Crippen LogP contribution >= 0.6 is 11.6 Å². The van der Waals surface area contributed by atoms with Crippen LogP contribution in [0.3, 0.4) is 0 Å². The zero-order valence-electron chi connectivity index (χ0n) is 22.2. The molecule has 0 aliphatic rings. The van der Waals surface area contributed by atoms with Gasteiger partial charge in [0.2, 0.25) is 0 Å². The zero-order valence-corrected chi connectivity index (χ0v) is 22.9. The second kappa shape index (κ2) is 10.8. The number of rotatable bonds is 7. The smallest absolute Gasteiger partial charge is 0.265 e. The van der Waals surface area contributed by atoms with Gasteiger partial charge in [0.1, 0.15) is 28.9 Å². The lowest BCUT2D eigenvalue weighted by Gasteiger charge is -2.24. The molecule has 41 heavy (non-hydrogen) atoms. The molecule has 3 aromatic heterocycles. The van der Waals surface area contributed by atoms with Gasteiger partial charge < -0.3 is 20.4 Å². The minimum Gasteiger partial charge on any atom is -0.497 e. The summed E-state index contributed by atoms with van der Waals surface area (Å²) in [6.45, 7) is 1.87. The Morgan fingerprint density at radius 1 is 0.927 bits per heavy atom. The highest BCUT2D eigenvalue weighted by Crippen LogP contribution is 2.36. The summed E-state index contributed by atoms with van der Waals surface area (Å²) in [4.78, 5) is 38.5. The molecule has 10 heteroatoms. The quantitative estimate of drug-likeness (QED) is 0.211. The van der Waals surface area contributed by atoms with Gasteiger partial charge in [0.25, 0.3) is 5.56 Å². The predicted octanol–water partition coefficient (Wildman–Crippen LogP) is 6.20. The van der Waals surface area contributed by atoms with E-state index in [0.717, 1.165) is 11.4 Å². The molecule has 0 aliphatic heterocycles. The molecule has 3 N–H and O–H groups in total. The number of anilines is 3. The van der Waals surface area contributed by atoms with Gasteiger partial charge in [0.15, 0.2) is 5.43 Å². The first-order chi connectivity index (χ1) is 20.0. The van der Waals surface area contributed by atoms with Gasteiger partial charge in [-0.2, -0.15) is 0 Å². The number of aromatic nitrogens is 4. The molecule has 0 radical (unpaired) electrons. The van der Waals surface area contributed by atoms with Gasteiger partial charge in [0, 0.05) is 29.0 Å². The van der Waals surface area contributed by atoms with E-state index in [9.17, 15) is 9.59 Å². The van der Waals surface area contributed by atoms with Crippen molar-refractivity contribution < 1.29 is 4.74 Å². The number of pyridine rings is 2. The SMILES string of the molecule is COc1ccc(Nc2cccc3c(Cl)c([C@H](C)Nc4ncnc5[nH]ccc(=O)c45)n(-c4ccccc4)c(=O)c23)cc1. The van der Waals surface area contributed by atoms with Crippen LogP contribution in [-0.4, -0.2) is 26.6 Å². The Morgan fingerprint density at radius 2 is 1.71 bits per heavy atom. The Bertz CT molecular complexity index is 2000. The highest BCUT2D eigenvalue weighted by Gasteiger charge is 2.24. The van der Waals surface area contributed by atoms with Crippen molar-refractivity contribution in [1.82, 2.24) is 19.5 Å². The maximum atomic E-state index is 14.4. The lowest BCUT2D eigenvalue weighted by atomic mass is 10.0. The van der Waals surface area contributed by atoms with E-state index in [4.69, 9.17) is 16.3 Å². The third kappa shape index (κ3) is 4.76. The number of hydrogen-bond acceptors (Lipinski definition) is 7. The highest BCUT2D eigenvalue weighted by atomic mass is 35.5. The Kier molecular flexibility index (Phi) is 6.86. The first-order valence-electron chi connectivity index (χ1n) is 12.9. The predicted molar refractivity (Wildman–Crippen MR) is 163 cm³/mol. The van der Waals surface area contributed by atoms with Crippen molar-refractivity contribution in [3.8, 4) is 11.4 Å². The van der Waals surface area contributed by atoms with E-state index < -0.39 is 6.04 Å². The van der Waals surface area contributed by atoms with Crippen molar-refractivity contribution in [2.45, 2.75) is 13.0 Å². The molecule has 204 valence electrons. The van der Waals surface area contributed by atoms with Gasteiger partial charge in [0.05, 0.1) is 34.9 Å². The number of fused-ring (bicyclic) bond motifs is 2. The summed E-state index contributed by atoms with van der Waals surface area (Å²) in [5.41, 5.74) is 2.51. The molecule has 0 spiro atoms. The zero-order chi connectivity index (χ0) is 28.5. The number of halogens is 1. The molecule has 0 bridgehead atoms. The lowest BCUT2D eigenvalue weighted by Crippen LogP contribution is -2.27. The van der Waals surface area contributed by atoms with Crippen molar-refractivity contribution in [1.29, 1.82) is 0 Å². The molecule has 0 fully saturated rings. The summed E-state index contributed by atoms with van der Waals surface area (Å²) in [5.74, 6) is 1.06. The van der Waals surface area contributed by atoms with E-state index in [1.54, 1.807) is 11.7 Å². The number of H-pyrrole nitrogens is 1. The normalized spacial score (nSPS) is 11.9. The van der Waals surface area contributed by atoms with Crippen LogP contribution in [0.1, 0.15) is 18.7 Å². The third-order valence-electron chi connectivity index (χ3n) is 6.88. The standard InChI is InChI=1S/C31H25ClN6O3/c1-18(36-30-26-24(39)15-16-33-29(26)34-17-35-30)28-27(32)22-9-6-10-23(37-19-11-13-21(41-2)14-12-19)25(22)31(40)38(28)20-7-4-3-5-8-20/h3-18,37H,1-2H3,(H2,33,34,35,36,39)/t18-/m0/s1. The van der Waals surface area contributed by atoms with Crippen LogP contribution in [0.25, 0.3) is 27.5 Å². The number of nitrogens with zero attached hydrogens (tertiary/aromatic N) is 3. The van der Waals surface area contributed by atoms with Crippen molar-refractivity contribution >= 4 is 50.6 Å². The van der Waals surface area contributed by atoms with Gasteiger partial charge in [-0.1, -0.05) is 41.9 Å². The van der Waals surface area contributed by atoms with Crippen molar-refractivity contribution in [3.05, 3.63) is 123 Å². The molecule has 0 saturated carbocycles. The van der Waals surface area contributed by atoms with E-state index >= 15 is 0 Å². The molecule has 0 amide bonds.